The number of phenols is 1. The highest BCUT2D eigenvalue weighted by Gasteiger charge is 2.59. The van der Waals surface area contributed by atoms with Crippen molar-refractivity contribution in [3.8, 4) is 5.75 Å². The van der Waals surface area contributed by atoms with Gasteiger partial charge in [0.05, 0.1) is 6.10 Å². The van der Waals surface area contributed by atoms with E-state index in [1.807, 2.05) is 13.0 Å². The Hall–Kier alpha value is -1.06. The van der Waals surface area contributed by atoms with Crippen LogP contribution in [0.1, 0.15) is 125 Å². The number of hydrogen-bond acceptors (Lipinski definition) is 3. The third kappa shape index (κ3) is 6.80. The van der Waals surface area contributed by atoms with Crippen LogP contribution in [-0.4, -0.2) is 16.3 Å². The zero-order valence-electron chi connectivity index (χ0n) is 25.9. The van der Waals surface area contributed by atoms with Gasteiger partial charge in [0.2, 0.25) is 0 Å². The van der Waals surface area contributed by atoms with Gasteiger partial charge in [-0.15, -0.1) is 0 Å². The van der Waals surface area contributed by atoms with Crippen LogP contribution in [0.5, 0.6) is 5.75 Å². The molecule has 0 aliphatic heterocycles. The zero-order valence-corrected chi connectivity index (χ0v) is 25.9. The van der Waals surface area contributed by atoms with Gasteiger partial charge in [-0.3, -0.25) is 0 Å². The Morgan fingerprint density at radius 2 is 1.66 bits per heavy atom. The van der Waals surface area contributed by atoms with Gasteiger partial charge < -0.3 is 15.9 Å². The van der Waals surface area contributed by atoms with Crippen molar-refractivity contribution < 1.29 is 10.2 Å². The smallest absolute Gasteiger partial charge is 0.120 e. The van der Waals surface area contributed by atoms with E-state index in [2.05, 4.69) is 41.5 Å². The van der Waals surface area contributed by atoms with Crippen LogP contribution >= 0.6 is 0 Å². The molecule has 0 saturated heterocycles. The van der Waals surface area contributed by atoms with E-state index >= 15 is 0 Å². The molecule has 38 heavy (non-hydrogen) atoms. The third-order valence-electron chi connectivity index (χ3n) is 11.9. The summed E-state index contributed by atoms with van der Waals surface area (Å²) in [6.45, 7) is 17.5. The number of para-hydroxylation sites is 1. The van der Waals surface area contributed by atoms with Crippen molar-refractivity contribution in [3.05, 3.63) is 29.8 Å². The lowest BCUT2D eigenvalue weighted by molar-refractivity contribution is -0.109. The van der Waals surface area contributed by atoms with Crippen LogP contribution in [0.2, 0.25) is 0 Å². The van der Waals surface area contributed by atoms with Gasteiger partial charge in [-0.05, 0) is 110 Å². The fourth-order valence-electron chi connectivity index (χ4n) is 9.59. The predicted octanol–water partition coefficient (Wildman–Crippen LogP) is 8.96. The van der Waals surface area contributed by atoms with Crippen LogP contribution < -0.4 is 5.73 Å². The first kappa shape index (κ1) is 31.5. The van der Waals surface area contributed by atoms with E-state index in [4.69, 9.17) is 10.8 Å². The van der Waals surface area contributed by atoms with Gasteiger partial charge >= 0.3 is 0 Å². The number of fused-ring (bicyclic) bond motifs is 3. The van der Waals surface area contributed by atoms with E-state index in [0.717, 1.165) is 53.4 Å². The van der Waals surface area contributed by atoms with Crippen molar-refractivity contribution in [1.82, 2.24) is 0 Å². The number of aromatic hydroxyl groups is 1. The van der Waals surface area contributed by atoms with Gasteiger partial charge in [-0.25, -0.2) is 0 Å². The van der Waals surface area contributed by atoms with E-state index in [0.29, 0.717) is 17.4 Å². The summed E-state index contributed by atoms with van der Waals surface area (Å²) in [6, 6.07) is 7.05. The van der Waals surface area contributed by atoms with Gasteiger partial charge in [-0.2, -0.15) is 0 Å². The van der Waals surface area contributed by atoms with Crippen molar-refractivity contribution in [3.63, 3.8) is 0 Å². The Balaban J connectivity index is 0.000000375. The summed E-state index contributed by atoms with van der Waals surface area (Å²) in [5.41, 5.74) is 7.13. The lowest BCUT2D eigenvalue weighted by Crippen LogP contribution is -2.52. The molecule has 3 heteroatoms. The van der Waals surface area contributed by atoms with Gasteiger partial charge in [0, 0.05) is 12.1 Å². The summed E-state index contributed by atoms with van der Waals surface area (Å²) >= 11 is 0. The SMILES string of the molecule is CCC1(C)C(CC(C)O)CCC2C1CCC1(C)C(C(C)CCCC(C)C)CCC21.NCc1ccccc1O. The molecule has 0 aromatic heterocycles. The second-order valence-corrected chi connectivity index (χ2v) is 14.5. The number of benzene rings is 1. The number of hydrogen-bond donors (Lipinski definition) is 3. The van der Waals surface area contributed by atoms with Crippen molar-refractivity contribution in [2.75, 3.05) is 0 Å². The average molecular weight is 528 g/mol. The molecule has 0 heterocycles. The van der Waals surface area contributed by atoms with Crippen LogP contribution in [0.3, 0.4) is 0 Å². The van der Waals surface area contributed by atoms with Gasteiger partial charge in [0.25, 0.3) is 0 Å². The molecule has 3 fully saturated rings. The van der Waals surface area contributed by atoms with Crippen molar-refractivity contribution in [2.45, 2.75) is 132 Å². The molecule has 0 amide bonds. The molecular weight excluding hydrogens is 466 g/mol. The van der Waals surface area contributed by atoms with Crippen molar-refractivity contribution in [1.29, 1.82) is 0 Å². The number of aliphatic hydroxyl groups is 1. The predicted molar refractivity (Wildman–Crippen MR) is 162 cm³/mol. The van der Waals surface area contributed by atoms with Crippen LogP contribution in [0.4, 0.5) is 0 Å². The quantitative estimate of drug-likeness (QED) is 0.300. The first-order valence-corrected chi connectivity index (χ1v) is 16.1. The highest BCUT2D eigenvalue weighted by atomic mass is 16.3. The fraction of sp³-hybridized carbons (Fsp3) is 0.829. The zero-order chi connectivity index (χ0) is 28.1. The fourth-order valence-corrected chi connectivity index (χ4v) is 9.59. The minimum absolute atomic E-state index is 0.140. The molecule has 218 valence electrons. The minimum Gasteiger partial charge on any atom is -0.508 e. The Labute approximate surface area is 235 Å². The number of phenolic OH excluding ortho intramolecular Hbond substituents is 1. The second-order valence-electron chi connectivity index (χ2n) is 14.5. The third-order valence-corrected chi connectivity index (χ3v) is 11.9. The Morgan fingerprint density at radius 3 is 2.24 bits per heavy atom. The highest BCUT2D eigenvalue weighted by Crippen LogP contribution is 2.67. The summed E-state index contributed by atoms with van der Waals surface area (Å²) in [6.07, 6.45) is 15.2. The van der Waals surface area contributed by atoms with E-state index in [-0.39, 0.29) is 11.9 Å². The summed E-state index contributed by atoms with van der Waals surface area (Å²) < 4.78 is 0. The molecule has 0 spiro atoms. The molecule has 1 aromatic rings. The molecule has 3 nitrogen and oxygen atoms in total. The molecule has 0 bridgehead atoms. The summed E-state index contributed by atoms with van der Waals surface area (Å²) in [5, 5.41) is 19.2. The molecule has 1 aromatic carbocycles. The van der Waals surface area contributed by atoms with E-state index in [9.17, 15) is 5.11 Å². The van der Waals surface area contributed by atoms with E-state index in [1.165, 1.54) is 64.2 Å². The summed E-state index contributed by atoms with van der Waals surface area (Å²) in [5.74, 6) is 6.55. The number of aliphatic hydroxyl groups excluding tert-OH is 1. The van der Waals surface area contributed by atoms with Gasteiger partial charge in [-0.1, -0.05) is 85.4 Å². The molecule has 3 aliphatic carbocycles. The van der Waals surface area contributed by atoms with Gasteiger partial charge in [0.15, 0.2) is 0 Å². The molecule has 9 atom stereocenters. The Kier molecular flexibility index (Phi) is 11.2. The van der Waals surface area contributed by atoms with E-state index in [1.54, 1.807) is 18.2 Å². The average Bonchev–Trinajstić information content (AvgIpc) is 3.23. The largest absolute Gasteiger partial charge is 0.508 e. The van der Waals surface area contributed by atoms with Crippen LogP contribution in [0.15, 0.2) is 24.3 Å². The second kappa shape index (κ2) is 13.5. The standard InChI is InChI=1S/C28H52O.C7H9NO/c1-8-27(6)22(18-21(5)29)12-13-23-25-15-14-24(20(4)11-9-10-19(2)3)28(25,7)17-16-26(23)27;8-5-6-3-1-2-4-7(6)9/h19-26,29H,8-18H2,1-7H3;1-4,9H,5,8H2. The Bertz CT molecular complexity index is 852. The summed E-state index contributed by atoms with van der Waals surface area (Å²) in [7, 11) is 0. The maximum atomic E-state index is 10.1. The topological polar surface area (TPSA) is 66.5 Å². The van der Waals surface area contributed by atoms with Crippen molar-refractivity contribution >= 4 is 0 Å². The molecule has 9 unspecified atom stereocenters. The molecule has 3 aliphatic rings. The molecule has 4 N–H and O–H groups in total. The van der Waals surface area contributed by atoms with Crippen LogP contribution in [-0.2, 0) is 6.54 Å². The maximum Gasteiger partial charge on any atom is 0.120 e. The maximum absolute atomic E-state index is 10.1. The van der Waals surface area contributed by atoms with Gasteiger partial charge in [0.1, 0.15) is 5.75 Å². The normalized spacial score (nSPS) is 36.1. The first-order valence-electron chi connectivity index (χ1n) is 16.1. The molecule has 3 saturated carbocycles. The molecular formula is C35H61NO2. The lowest BCUT2D eigenvalue weighted by Gasteiger charge is -2.59. The first-order chi connectivity index (χ1) is 18.0. The minimum atomic E-state index is -0.140. The van der Waals surface area contributed by atoms with Crippen LogP contribution in [0.25, 0.3) is 0 Å². The van der Waals surface area contributed by atoms with Crippen molar-refractivity contribution in [2.24, 2.45) is 58.0 Å². The highest BCUT2D eigenvalue weighted by molar-refractivity contribution is 5.31. The number of rotatable bonds is 9. The van der Waals surface area contributed by atoms with E-state index < -0.39 is 0 Å². The van der Waals surface area contributed by atoms with Crippen LogP contribution in [0, 0.1) is 52.3 Å². The molecule has 4 rings (SSSR count). The lowest BCUT2D eigenvalue weighted by atomic mass is 9.45. The number of nitrogens with two attached hydrogens (primary N) is 1. The summed E-state index contributed by atoms with van der Waals surface area (Å²) in [4.78, 5) is 0. The Morgan fingerprint density at radius 1 is 0.947 bits per heavy atom. The monoisotopic (exact) mass is 527 g/mol. The molecule has 0 radical (unpaired) electrons.